The van der Waals surface area contributed by atoms with Crippen molar-refractivity contribution < 1.29 is 0 Å². The summed E-state index contributed by atoms with van der Waals surface area (Å²) in [5, 5.41) is 3.76. The summed E-state index contributed by atoms with van der Waals surface area (Å²) in [5.74, 6) is 2.90. The molecule has 2 saturated carbocycles. The van der Waals surface area contributed by atoms with E-state index in [9.17, 15) is 0 Å². The van der Waals surface area contributed by atoms with E-state index in [2.05, 4.69) is 19.2 Å². The molecule has 2 aliphatic rings. The largest absolute Gasteiger partial charge is 0.313 e. The summed E-state index contributed by atoms with van der Waals surface area (Å²) >= 11 is 0. The van der Waals surface area contributed by atoms with E-state index in [-0.39, 0.29) is 0 Å². The number of nitrogens with one attached hydrogen (secondary N) is 1. The van der Waals surface area contributed by atoms with Crippen LogP contribution in [0, 0.1) is 17.8 Å². The molecule has 0 amide bonds. The first-order chi connectivity index (χ1) is 6.25. The van der Waals surface area contributed by atoms with Crippen molar-refractivity contribution in [3.8, 4) is 0 Å². The van der Waals surface area contributed by atoms with Gasteiger partial charge in [0.05, 0.1) is 0 Å². The average Bonchev–Trinajstić information content (AvgIpc) is 2.90. The van der Waals surface area contributed by atoms with Crippen LogP contribution < -0.4 is 5.32 Å². The van der Waals surface area contributed by atoms with Crippen molar-refractivity contribution in [1.82, 2.24) is 5.32 Å². The highest BCUT2D eigenvalue weighted by Crippen LogP contribution is 2.31. The molecule has 2 fully saturated rings. The van der Waals surface area contributed by atoms with Gasteiger partial charge in [0.15, 0.2) is 0 Å². The molecule has 2 rings (SSSR count). The van der Waals surface area contributed by atoms with Gasteiger partial charge in [-0.1, -0.05) is 20.3 Å². The average molecular weight is 181 g/mol. The van der Waals surface area contributed by atoms with Gasteiger partial charge in [-0.2, -0.15) is 0 Å². The maximum atomic E-state index is 3.76. The molecule has 13 heavy (non-hydrogen) atoms. The van der Waals surface area contributed by atoms with Crippen LogP contribution in [0.5, 0.6) is 0 Å². The van der Waals surface area contributed by atoms with Crippen molar-refractivity contribution in [1.29, 1.82) is 0 Å². The Balaban J connectivity index is 1.73. The zero-order chi connectivity index (χ0) is 9.26. The maximum Gasteiger partial charge on any atom is 0.00953 e. The van der Waals surface area contributed by atoms with Crippen LogP contribution in [0.3, 0.4) is 0 Å². The molecule has 0 aliphatic heterocycles. The lowest BCUT2D eigenvalue weighted by molar-refractivity contribution is 0.227. The predicted molar refractivity (Wildman–Crippen MR) is 56.7 cm³/mol. The maximum absolute atomic E-state index is 3.76. The Kier molecular flexibility index (Phi) is 2.92. The molecular formula is C12H23N. The van der Waals surface area contributed by atoms with E-state index in [0.717, 1.165) is 23.8 Å². The van der Waals surface area contributed by atoms with Crippen LogP contribution in [0.4, 0.5) is 0 Å². The van der Waals surface area contributed by atoms with E-state index in [1.165, 1.54) is 38.6 Å². The summed E-state index contributed by atoms with van der Waals surface area (Å²) in [4.78, 5) is 0. The second kappa shape index (κ2) is 4.00. The summed E-state index contributed by atoms with van der Waals surface area (Å²) in [5.41, 5.74) is 0. The van der Waals surface area contributed by atoms with Crippen LogP contribution in [0.1, 0.15) is 46.0 Å². The molecule has 76 valence electrons. The number of rotatable bonds is 3. The van der Waals surface area contributed by atoms with Crippen molar-refractivity contribution in [3.05, 3.63) is 0 Å². The second-order valence-electron chi connectivity index (χ2n) is 5.35. The van der Waals surface area contributed by atoms with Crippen molar-refractivity contribution >= 4 is 0 Å². The summed E-state index contributed by atoms with van der Waals surface area (Å²) in [7, 11) is 0. The molecular weight excluding hydrogens is 158 g/mol. The molecule has 0 bridgehead atoms. The number of hydrogen-bond donors (Lipinski definition) is 1. The highest BCUT2D eigenvalue weighted by molar-refractivity contribution is 4.84. The van der Waals surface area contributed by atoms with E-state index in [0.29, 0.717) is 0 Å². The Bertz CT molecular complexity index is 163. The van der Waals surface area contributed by atoms with Crippen LogP contribution in [0.2, 0.25) is 0 Å². The Morgan fingerprint density at radius 3 is 2.54 bits per heavy atom. The minimum Gasteiger partial charge on any atom is -0.313 e. The Labute approximate surface area is 82.3 Å². The fourth-order valence-corrected chi connectivity index (χ4v) is 2.46. The van der Waals surface area contributed by atoms with Crippen molar-refractivity contribution in [2.45, 2.75) is 52.0 Å². The molecule has 0 spiro atoms. The van der Waals surface area contributed by atoms with Crippen molar-refractivity contribution in [2.24, 2.45) is 17.8 Å². The molecule has 0 aromatic heterocycles. The summed E-state index contributed by atoms with van der Waals surface area (Å²) in [6.07, 6.45) is 7.24. The summed E-state index contributed by atoms with van der Waals surface area (Å²) in [6.45, 7) is 6.11. The van der Waals surface area contributed by atoms with Gasteiger partial charge < -0.3 is 5.32 Å². The van der Waals surface area contributed by atoms with Gasteiger partial charge in [-0.25, -0.2) is 0 Å². The van der Waals surface area contributed by atoms with E-state index < -0.39 is 0 Å². The van der Waals surface area contributed by atoms with Gasteiger partial charge in [-0.15, -0.1) is 0 Å². The first kappa shape index (κ1) is 9.51. The molecule has 0 aromatic carbocycles. The van der Waals surface area contributed by atoms with Gasteiger partial charge in [0.25, 0.3) is 0 Å². The molecule has 1 heteroatoms. The third-order valence-corrected chi connectivity index (χ3v) is 3.82. The molecule has 0 aromatic rings. The first-order valence-corrected chi connectivity index (χ1v) is 5.99. The standard InChI is InChI=1S/C12H23N/c1-9-3-4-10(2)12(7-9)13-8-11-5-6-11/h9-13H,3-8H2,1-2H3. The van der Waals surface area contributed by atoms with Gasteiger partial charge in [0.2, 0.25) is 0 Å². The fourth-order valence-electron chi connectivity index (χ4n) is 2.46. The molecule has 1 nitrogen and oxygen atoms in total. The lowest BCUT2D eigenvalue weighted by Crippen LogP contribution is -2.40. The Morgan fingerprint density at radius 1 is 1.08 bits per heavy atom. The van der Waals surface area contributed by atoms with Crippen molar-refractivity contribution in [2.75, 3.05) is 6.54 Å². The van der Waals surface area contributed by atoms with Crippen LogP contribution in [0.15, 0.2) is 0 Å². The van der Waals surface area contributed by atoms with Gasteiger partial charge in [-0.3, -0.25) is 0 Å². The van der Waals surface area contributed by atoms with Gasteiger partial charge in [0.1, 0.15) is 0 Å². The second-order valence-corrected chi connectivity index (χ2v) is 5.35. The van der Waals surface area contributed by atoms with Crippen LogP contribution in [0.25, 0.3) is 0 Å². The van der Waals surface area contributed by atoms with Crippen molar-refractivity contribution in [3.63, 3.8) is 0 Å². The summed E-state index contributed by atoms with van der Waals surface area (Å²) in [6, 6.07) is 0.823. The first-order valence-electron chi connectivity index (χ1n) is 5.99. The van der Waals surface area contributed by atoms with E-state index in [4.69, 9.17) is 0 Å². The Morgan fingerprint density at radius 2 is 1.85 bits per heavy atom. The zero-order valence-corrected chi connectivity index (χ0v) is 9.05. The van der Waals surface area contributed by atoms with Gasteiger partial charge >= 0.3 is 0 Å². The fraction of sp³-hybridized carbons (Fsp3) is 1.00. The third kappa shape index (κ3) is 2.70. The highest BCUT2D eigenvalue weighted by Gasteiger charge is 2.27. The van der Waals surface area contributed by atoms with Gasteiger partial charge in [0, 0.05) is 6.04 Å². The minimum atomic E-state index is 0.823. The molecule has 0 heterocycles. The molecule has 0 radical (unpaired) electrons. The third-order valence-electron chi connectivity index (χ3n) is 3.82. The Hall–Kier alpha value is -0.0400. The normalized spacial score (nSPS) is 40.6. The molecule has 2 aliphatic carbocycles. The van der Waals surface area contributed by atoms with E-state index >= 15 is 0 Å². The topological polar surface area (TPSA) is 12.0 Å². The molecule has 3 atom stereocenters. The van der Waals surface area contributed by atoms with Crippen LogP contribution in [-0.4, -0.2) is 12.6 Å². The van der Waals surface area contributed by atoms with Crippen LogP contribution in [-0.2, 0) is 0 Å². The van der Waals surface area contributed by atoms with E-state index in [1.54, 1.807) is 0 Å². The summed E-state index contributed by atoms with van der Waals surface area (Å²) < 4.78 is 0. The number of hydrogen-bond acceptors (Lipinski definition) is 1. The molecule has 3 unspecified atom stereocenters. The lowest BCUT2D eigenvalue weighted by atomic mass is 9.80. The predicted octanol–water partition coefficient (Wildman–Crippen LogP) is 2.81. The molecule has 0 saturated heterocycles. The van der Waals surface area contributed by atoms with Gasteiger partial charge in [-0.05, 0) is 50.0 Å². The highest BCUT2D eigenvalue weighted by atomic mass is 14.9. The zero-order valence-electron chi connectivity index (χ0n) is 9.05. The monoisotopic (exact) mass is 181 g/mol. The minimum absolute atomic E-state index is 0.823. The SMILES string of the molecule is CC1CCC(C)C(NCC2CC2)C1. The lowest BCUT2D eigenvalue weighted by Gasteiger charge is -2.33. The smallest absolute Gasteiger partial charge is 0.00953 e. The quantitative estimate of drug-likeness (QED) is 0.706. The van der Waals surface area contributed by atoms with E-state index in [1.807, 2.05) is 0 Å². The van der Waals surface area contributed by atoms with Crippen LogP contribution >= 0.6 is 0 Å². The molecule has 1 N–H and O–H groups in total.